The lowest BCUT2D eigenvalue weighted by Gasteiger charge is -2.32. The fourth-order valence-electron chi connectivity index (χ4n) is 4.27. The minimum absolute atomic E-state index is 0.0392. The SMILES string of the molecule is NC(=O)c1cc2ccccc2nc1C1CCN(C(=O)CCN[C@@H]2C=CS(=O)(=O)C2)CC1. The van der Waals surface area contributed by atoms with Crippen LogP contribution in [0.25, 0.3) is 10.9 Å². The van der Waals surface area contributed by atoms with Crippen molar-refractivity contribution in [2.75, 3.05) is 25.4 Å². The van der Waals surface area contributed by atoms with E-state index in [1.165, 1.54) is 5.41 Å². The number of para-hydroxylation sites is 1. The van der Waals surface area contributed by atoms with E-state index in [1.54, 1.807) is 12.1 Å². The topological polar surface area (TPSA) is 122 Å². The number of carbonyl (C=O) groups excluding carboxylic acids is 2. The summed E-state index contributed by atoms with van der Waals surface area (Å²) in [5.74, 6) is -0.325. The predicted molar refractivity (Wildman–Crippen MR) is 118 cm³/mol. The number of aromatic nitrogens is 1. The Morgan fingerprint density at radius 2 is 1.94 bits per heavy atom. The summed E-state index contributed by atoms with van der Waals surface area (Å²) < 4.78 is 22.9. The third-order valence-corrected chi connectivity index (χ3v) is 7.32. The van der Waals surface area contributed by atoms with E-state index >= 15 is 0 Å². The van der Waals surface area contributed by atoms with Gasteiger partial charge in [0.2, 0.25) is 5.91 Å². The Morgan fingerprint density at radius 3 is 2.61 bits per heavy atom. The van der Waals surface area contributed by atoms with Crippen LogP contribution in [0.3, 0.4) is 0 Å². The van der Waals surface area contributed by atoms with E-state index in [0.29, 0.717) is 50.2 Å². The van der Waals surface area contributed by atoms with Crippen LogP contribution < -0.4 is 11.1 Å². The molecule has 0 bridgehead atoms. The van der Waals surface area contributed by atoms with Crippen molar-refractivity contribution in [2.24, 2.45) is 5.73 Å². The van der Waals surface area contributed by atoms with Crippen molar-refractivity contribution < 1.29 is 18.0 Å². The number of benzene rings is 1. The number of hydrogen-bond donors (Lipinski definition) is 2. The summed E-state index contributed by atoms with van der Waals surface area (Å²) in [5, 5.41) is 5.20. The molecule has 0 radical (unpaired) electrons. The Bertz CT molecular complexity index is 1140. The first-order valence-corrected chi connectivity index (χ1v) is 12.2. The lowest BCUT2D eigenvalue weighted by atomic mass is 9.89. The van der Waals surface area contributed by atoms with E-state index in [1.807, 2.05) is 29.2 Å². The molecule has 0 unspecified atom stereocenters. The molecule has 1 aromatic carbocycles. The molecule has 1 atom stereocenters. The zero-order chi connectivity index (χ0) is 22.0. The third-order valence-electron chi connectivity index (χ3n) is 5.93. The molecule has 1 aromatic heterocycles. The van der Waals surface area contributed by atoms with Crippen LogP contribution in [0.15, 0.2) is 41.8 Å². The summed E-state index contributed by atoms with van der Waals surface area (Å²) in [4.78, 5) is 31.1. The number of amides is 2. The number of sulfone groups is 1. The number of nitrogens with two attached hydrogens (primary N) is 1. The van der Waals surface area contributed by atoms with Crippen molar-refractivity contribution in [3.8, 4) is 0 Å². The molecule has 31 heavy (non-hydrogen) atoms. The maximum atomic E-state index is 12.6. The van der Waals surface area contributed by atoms with E-state index < -0.39 is 15.7 Å². The number of carbonyl (C=O) groups is 2. The number of hydrogen-bond acceptors (Lipinski definition) is 6. The molecule has 3 N–H and O–H groups in total. The quantitative estimate of drug-likeness (QED) is 0.696. The normalized spacial score (nSPS) is 20.9. The largest absolute Gasteiger partial charge is 0.366 e. The average molecular weight is 443 g/mol. The van der Waals surface area contributed by atoms with Crippen molar-refractivity contribution in [1.82, 2.24) is 15.2 Å². The van der Waals surface area contributed by atoms with Crippen molar-refractivity contribution in [1.29, 1.82) is 0 Å². The molecule has 9 heteroatoms. The van der Waals surface area contributed by atoms with Gasteiger partial charge in [-0.25, -0.2) is 8.42 Å². The van der Waals surface area contributed by atoms with E-state index in [2.05, 4.69) is 5.32 Å². The van der Waals surface area contributed by atoms with Gasteiger partial charge in [-0.2, -0.15) is 0 Å². The van der Waals surface area contributed by atoms with Gasteiger partial charge in [0.1, 0.15) is 0 Å². The first-order valence-electron chi connectivity index (χ1n) is 10.4. The fraction of sp³-hybridized carbons (Fsp3) is 0.409. The van der Waals surface area contributed by atoms with Crippen molar-refractivity contribution in [3.05, 3.63) is 53.1 Å². The van der Waals surface area contributed by atoms with E-state index in [9.17, 15) is 18.0 Å². The number of rotatable bonds is 6. The van der Waals surface area contributed by atoms with Crippen LogP contribution in [0.5, 0.6) is 0 Å². The van der Waals surface area contributed by atoms with E-state index in [4.69, 9.17) is 10.7 Å². The van der Waals surface area contributed by atoms with Gasteiger partial charge in [0.05, 0.1) is 22.5 Å². The highest BCUT2D eigenvalue weighted by molar-refractivity contribution is 7.94. The molecule has 3 heterocycles. The smallest absolute Gasteiger partial charge is 0.250 e. The van der Waals surface area contributed by atoms with Gasteiger partial charge in [0.15, 0.2) is 9.84 Å². The van der Waals surface area contributed by atoms with Crippen LogP contribution >= 0.6 is 0 Å². The zero-order valence-electron chi connectivity index (χ0n) is 17.2. The molecule has 2 aromatic rings. The Hall–Kier alpha value is -2.78. The Morgan fingerprint density at radius 1 is 1.19 bits per heavy atom. The molecule has 1 fully saturated rings. The molecule has 4 rings (SSSR count). The van der Waals surface area contributed by atoms with Gasteiger partial charge in [-0.3, -0.25) is 14.6 Å². The van der Waals surface area contributed by atoms with Gasteiger partial charge in [-0.1, -0.05) is 24.3 Å². The summed E-state index contributed by atoms with van der Waals surface area (Å²) in [6.45, 7) is 1.61. The van der Waals surface area contributed by atoms with Crippen LogP contribution in [-0.2, 0) is 14.6 Å². The lowest BCUT2D eigenvalue weighted by molar-refractivity contribution is -0.132. The summed E-state index contributed by atoms with van der Waals surface area (Å²) in [7, 11) is -3.10. The molecule has 0 saturated carbocycles. The average Bonchev–Trinajstić information content (AvgIpc) is 3.11. The number of piperidine rings is 1. The van der Waals surface area contributed by atoms with Gasteiger partial charge < -0.3 is 16.0 Å². The summed E-state index contributed by atoms with van der Waals surface area (Å²) in [6.07, 6.45) is 3.37. The lowest BCUT2D eigenvalue weighted by Crippen LogP contribution is -2.40. The van der Waals surface area contributed by atoms with Gasteiger partial charge in [-0.05, 0) is 25.0 Å². The molecule has 1 saturated heterocycles. The molecule has 0 aliphatic carbocycles. The Labute approximate surface area is 181 Å². The molecular weight excluding hydrogens is 416 g/mol. The second-order valence-electron chi connectivity index (χ2n) is 8.10. The van der Waals surface area contributed by atoms with Crippen LogP contribution in [-0.4, -0.2) is 61.5 Å². The minimum Gasteiger partial charge on any atom is -0.366 e. The molecule has 2 aliphatic heterocycles. The second kappa shape index (κ2) is 8.76. The predicted octanol–water partition coefficient (Wildman–Crippen LogP) is 1.33. The van der Waals surface area contributed by atoms with Crippen LogP contribution in [0.2, 0.25) is 0 Å². The summed E-state index contributed by atoms with van der Waals surface area (Å²) in [5.41, 5.74) is 7.62. The van der Waals surface area contributed by atoms with Crippen LogP contribution in [0.1, 0.15) is 41.2 Å². The number of nitrogens with one attached hydrogen (secondary N) is 1. The van der Waals surface area contributed by atoms with Gasteiger partial charge in [-0.15, -0.1) is 0 Å². The first-order chi connectivity index (χ1) is 14.8. The summed E-state index contributed by atoms with van der Waals surface area (Å²) >= 11 is 0. The maximum Gasteiger partial charge on any atom is 0.250 e. The molecule has 164 valence electrons. The minimum atomic E-state index is -3.10. The molecule has 8 nitrogen and oxygen atoms in total. The monoisotopic (exact) mass is 442 g/mol. The van der Waals surface area contributed by atoms with Crippen LogP contribution in [0, 0.1) is 0 Å². The van der Waals surface area contributed by atoms with Gasteiger partial charge >= 0.3 is 0 Å². The Kier molecular flexibility index (Phi) is 6.06. The molecule has 2 aliphatic rings. The molecule has 2 amide bonds. The molecular formula is C22H26N4O4S. The van der Waals surface area contributed by atoms with E-state index in [-0.39, 0.29) is 23.6 Å². The highest BCUT2D eigenvalue weighted by atomic mass is 32.2. The Balaban J connectivity index is 1.34. The van der Waals surface area contributed by atoms with Gasteiger partial charge in [0.25, 0.3) is 5.91 Å². The number of nitrogens with zero attached hydrogens (tertiary/aromatic N) is 2. The first kappa shape index (κ1) is 21.5. The van der Waals surface area contributed by atoms with Crippen LogP contribution in [0.4, 0.5) is 0 Å². The molecule has 0 spiro atoms. The highest BCUT2D eigenvalue weighted by Gasteiger charge is 2.28. The number of primary amides is 1. The third kappa shape index (κ3) is 4.94. The second-order valence-corrected chi connectivity index (χ2v) is 10.0. The standard InChI is InChI=1S/C22H26N4O4S/c23-22(28)18-13-16-3-1-2-4-19(16)25-21(18)15-6-10-26(11-7-15)20(27)5-9-24-17-8-12-31(29,30)14-17/h1-4,8,12-13,15,17,24H,5-7,9-11,14H2,(H2,23,28)/t17-/m1/s1. The number of likely N-dealkylation sites (tertiary alicyclic amines) is 1. The van der Waals surface area contributed by atoms with E-state index in [0.717, 1.165) is 10.9 Å². The summed E-state index contributed by atoms with van der Waals surface area (Å²) in [6, 6.07) is 9.21. The van der Waals surface area contributed by atoms with Crippen molar-refractivity contribution in [2.45, 2.75) is 31.2 Å². The fourth-order valence-corrected chi connectivity index (χ4v) is 5.54. The maximum absolute atomic E-state index is 12.6. The highest BCUT2D eigenvalue weighted by Crippen LogP contribution is 2.31. The zero-order valence-corrected chi connectivity index (χ0v) is 18.0. The number of pyridine rings is 1. The number of fused-ring (bicyclic) bond motifs is 1. The van der Waals surface area contributed by atoms with Crippen molar-refractivity contribution in [3.63, 3.8) is 0 Å². The van der Waals surface area contributed by atoms with Gasteiger partial charge in [0, 0.05) is 48.8 Å². The van der Waals surface area contributed by atoms with Crippen molar-refractivity contribution >= 4 is 32.6 Å².